The van der Waals surface area contributed by atoms with E-state index in [1.165, 1.54) is 5.56 Å². The number of thiocarbonyl (C=S) groups is 1. The van der Waals surface area contributed by atoms with Gasteiger partial charge in [0.25, 0.3) is 0 Å². The number of morpholine rings is 1. The highest BCUT2D eigenvalue weighted by atomic mass is 32.1. The molecular formula is C21H27N3O2S. The second kappa shape index (κ2) is 9.69. The van der Waals surface area contributed by atoms with Crippen molar-refractivity contribution in [3.8, 4) is 5.75 Å². The Morgan fingerprint density at radius 2 is 1.74 bits per heavy atom. The normalized spacial score (nSPS) is 17.0. The molecule has 0 saturated carbocycles. The first kappa shape index (κ1) is 19.6. The predicted molar refractivity (Wildman–Crippen MR) is 113 cm³/mol. The summed E-state index contributed by atoms with van der Waals surface area (Å²) in [5.41, 5.74) is 2.22. The fraction of sp³-hybridized carbons (Fsp3) is 0.381. The molecule has 1 heterocycles. The van der Waals surface area contributed by atoms with Gasteiger partial charge in [0.05, 0.1) is 26.4 Å². The molecule has 1 fully saturated rings. The molecule has 0 radical (unpaired) electrons. The van der Waals surface area contributed by atoms with Gasteiger partial charge in [-0.1, -0.05) is 30.3 Å². The Kier molecular flexibility index (Phi) is 7.04. The lowest BCUT2D eigenvalue weighted by atomic mass is 9.98. The fourth-order valence-electron chi connectivity index (χ4n) is 3.45. The van der Waals surface area contributed by atoms with Crippen LogP contribution in [0.4, 0.5) is 5.69 Å². The number of anilines is 1. The highest BCUT2D eigenvalue weighted by molar-refractivity contribution is 7.80. The van der Waals surface area contributed by atoms with E-state index in [0.29, 0.717) is 5.11 Å². The lowest BCUT2D eigenvalue weighted by Gasteiger charge is -2.38. The first-order valence-corrected chi connectivity index (χ1v) is 9.66. The number of methoxy groups -OCH3 is 1. The van der Waals surface area contributed by atoms with Crippen molar-refractivity contribution in [2.45, 2.75) is 19.0 Å². The molecule has 0 bridgehead atoms. The number of rotatable bonds is 6. The summed E-state index contributed by atoms with van der Waals surface area (Å²) in [6.45, 7) is 5.55. The number of nitrogens with one attached hydrogen (secondary N) is 2. The average Bonchev–Trinajstić information content (AvgIpc) is 2.70. The standard InChI is InChI=1S/C21H27N3O2S/c1-16(22-21(27)23-18-8-10-19(25-2)11-9-18)20(17-6-4-3-5-7-17)24-12-14-26-15-13-24/h3-11,16,20H,12-15H2,1-2H3,(H2,22,23,27)/t16-,20+/m1/s1. The van der Waals surface area contributed by atoms with Gasteiger partial charge >= 0.3 is 0 Å². The quantitative estimate of drug-likeness (QED) is 0.743. The topological polar surface area (TPSA) is 45.8 Å². The minimum atomic E-state index is 0.142. The Morgan fingerprint density at radius 3 is 2.37 bits per heavy atom. The van der Waals surface area contributed by atoms with Crippen LogP contribution in [0.1, 0.15) is 18.5 Å². The van der Waals surface area contributed by atoms with Gasteiger partial charge in [-0.05, 0) is 49.0 Å². The zero-order valence-corrected chi connectivity index (χ0v) is 16.7. The molecule has 5 nitrogen and oxygen atoms in total. The van der Waals surface area contributed by atoms with Gasteiger partial charge in [-0.25, -0.2) is 0 Å². The van der Waals surface area contributed by atoms with Crippen molar-refractivity contribution in [3.63, 3.8) is 0 Å². The van der Waals surface area contributed by atoms with Crippen LogP contribution >= 0.6 is 12.2 Å². The van der Waals surface area contributed by atoms with E-state index in [9.17, 15) is 0 Å². The minimum absolute atomic E-state index is 0.142. The van der Waals surface area contributed by atoms with Gasteiger partial charge in [0.2, 0.25) is 0 Å². The molecule has 0 amide bonds. The summed E-state index contributed by atoms with van der Waals surface area (Å²) in [7, 11) is 1.66. The first-order chi connectivity index (χ1) is 13.2. The van der Waals surface area contributed by atoms with Crippen molar-refractivity contribution in [3.05, 3.63) is 60.2 Å². The molecule has 27 heavy (non-hydrogen) atoms. The molecule has 0 unspecified atom stereocenters. The minimum Gasteiger partial charge on any atom is -0.497 e. The molecule has 0 aromatic heterocycles. The predicted octanol–water partition coefficient (Wildman–Crippen LogP) is 3.44. The van der Waals surface area contributed by atoms with Crippen molar-refractivity contribution in [1.29, 1.82) is 0 Å². The van der Waals surface area contributed by atoms with Crippen LogP contribution in [-0.2, 0) is 4.74 Å². The van der Waals surface area contributed by atoms with Crippen LogP contribution in [0.2, 0.25) is 0 Å². The van der Waals surface area contributed by atoms with Gasteiger partial charge in [-0.15, -0.1) is 0 Å². The molecule has 1 aliphatic heterocycles. The van der Waals surface area contributed by atoms with Gasteiger partial charge in [0.15, 0.2) is 5.11 Å². The Morgan fingerprint density at radius 1 is 1.07 bits per heavy atom. The largest absolute Gasteiger partial charge is 0.497 e. The SMILES string of the molecule is COc1ccc(NC(=S)N[C@H](C)[C@@H](c2ccccc2)N2CCOCC2)cc1. The molecule has 0 spiro atoms. The molecule has 3 rings (SSSR count). The summed E-state index contributed by atoms with van der Waals surface area (Å²) in [5.74, 6) is 0.823. The fourth-order valence-corrected chi connectivity index (χ4v) is 3.75. The Bertz CT molecular complexity index is 718. The van der Waals surface area contributed by atoms with Crippen molar-refractivity contribution in [1.82, 2.24) is 10.2 Å². The van der Waals surface area contributed by atoms with E-state index >= 15 is 0 Å². The van der Waals surface area contributed by atoms with Crippen LogP contribution in [0.3, 0.4) is 0 Å². The van der Waals surface area contributed by atoms with Gasteiger partial charge in [0.1, 0.15) is 5.75 Å². The summed E-state index contributed by atoms with van der Waals surface area (Å²) < 4.78 is 10.7. The van der Waals surface area contributed by atoms with E-state index in [4.69, 9.17) is 21.7 Å². The number of hydrogen-bond acceptors (Lipinski definition) is 4. The van der Waals surface area contributed by atoms with Crippen LogP contribution in [-0.4, -0.2) is 49.5 Å². The number of benzene rings is 2. The lowest BCUT2D eigenvalue weighted by molar-refractivity contribution is 0.0102. The number of ether oxygens (including phenoxy) is 2. The molecule has 144 valence electrons. The van der Waals surface area contributed by atoms with E-state index in [1.54, 1.807) is 7.11 Å². The summed E-state index contributed by atoms with van der Waals surface area (Å²) in [5, 5.41) is 7.33. The summed E-state index contributed by atoms with van der Waals surface area (Å²) in [6, 6.07) is 18.7. The molecule has 0 aliphatic carbocycles. The number of nitrogens with zero attached hydrogens (tertiary/aromatic N) is 1. The van der Waals surface area contributed by atoms with Crippen LogP contribution in [0.5, 0.6) is 5.75 Å². The van der Waals surface area contributed by atoms with Crippen LogP contribution in [0, 0.1) is 0 Å². The molecular weight excluding hydrogens is 358 g/mol. The zero-order valence-electron chi connectivity index (χ0n) is 15.9. The van der Waals surface area contributed by atoms with Crippen LogP contribution in [0.25, 0.3) is 0 Å². The summed E-state index contributed by atoms with van der Waals surface area (Å²) in [4.78, 5) is 2.46. The second-order valence-corrected chi connectivity index (χ2v) is 7.03. The molecule has 2 aromatic rings. The van der Waals surface area contributed by atoms with Crippen molar-refractivity contribution >= 4 is 23.0 Å². The van der Waals surface area contributed by atoms with Crippen molar-refractivity contribution < 1.29 is 9.47 Å². The molecule has 6 heteroatoms. The van der Waals surface area contributed by atoms with E-state index < -0.39 is 0 Å². The number of hydrogen-bond donors (Lipinski definition) is 2. The molecule has 2 aromatic carbocycles. The first-order valence-electron chi connectivity index (χ1n) is 9.25. The molecule has 2 atom stereocenters. The third-order valence-electron chi connectivity index (χ3n) is 4.76. The summed E-state index contributed by atoms with van der Waals surface area (Å²) in [6.07, 6.45) is 0. The Balaban J connectivity index is 1.67. The second-order valence-electron chi connectivity index (χ2n) is 6.62. The maximum atomic E-state index is 5.55. The van der Waals surface area contributed by atoms with Crippen molar-refractivity contribution in [2.24, 2.45) is 0 Å². The van der Waals surface area contributed by atoms with Gasteiger partial charge < -0.3 is 20.1 Å². The average molecular weight is 386 g/mol. The van der Waals surface area contributed by atoms with Gasteiger partial charge in [-0.3, -0.25) is 4.90 Å². The highest BCUT2D eigenvalue weighted by Gasteiger charge is 2.28. The van der Waals surface area contributed by atoms with E-state index in [1.807, 2.05) is 30.3 Å². The highest BCUT2D eigenvalue weighted by Crippen LogP contribution is 2.25. The molecule has 2 N–H and O–H groups in total. The van der Waals surface area contributed by atoms with Crippen LogP contribution in [0.15, 0.2) is 54.6 Å². The molecule has 1 aliphatic rings. The lowest BCUT2D eigenvalue weighted by Crippen LogP contribution is -2.49. The van der Waals surface area contributed by atoms with Crippen molar-refractivity contribution in [2.75, 3.05) is 38.7 Å². The zero-order chi connectivity index (χ0) is 19.1. The smallest absolute Gasteiger partial charge is 0.171 e. The third-order valence-corrected chi connectivity index (χ3v) is 4.98. The van der Waals surface area contributed by atoms with Gasteiger partial charge in [0, 0.05) is 24.8 Å². The Hall–Kier alpha value is -2.15. The van der Waals surface area contributed by atoms with E-state index in [0.717, 1.165) is 37.7 Å². The van der Waals surface area contributed by atoms with Gasteiger partial charge in [-0.2, -0.15) is 0 Å². The maximum absolute atomic E-state index is 5.55. The Labute approximate surface area is 166 Å². The molecule has 1 saturated heterocycles. The van der Waals surface area contributed by atoms with Crippen LogP contribution < -0.4 is 15.4 Å². The summed E-state index contributed by atoms with van der Waals surface area (Å²) >= 11 is 5.55. The maximum Gasteiger partial charge on any atom is 0.171 e. The van der Waals surface area contributed by atoms with E-state index in [-0.39, 0.29) is 12.1 Å². The monoisotopic (exact) mass is 385 g/mol. The third kappa shape index (κ3) is 5.42. The van der Waals surface area contributed by atoms with E-state index in [2.05, 4.69) is 46.7 Å².